The molecule has 0 atom stereocenters. The summed E-state index contributed by atoms with van der Waals surface area (Å²) in [5.74, 6) is 1.52. The van der Waals surface area contributed by atoms with Crippen LogP contribution in [-0.4, -0.2) is 11.7 Å². The van der Waals surface area contributed by atoms with E-state index in [-0.39, 0.29) is 24.5 Å². The van der Waals surface area contributed by atoms with Gasteiger partial charge in [0.25, 0.3) is 0 Å². The molecule has 1 aromatic heterocycles. The third kappa shape index (κ3) is 3.75. The van der Waals surface area contributed by atoms with Crippen molar-refractivity contribution in [1.82, 2.24) is 0 Å². The average Bonchev–Trinajstić information content (AvgIpc) is 3.13. The van der Waals surface area contributed by atoms with Crippen molar-refractivity contribution in [3.8, 4) is 5.75 Å². The lowest BCUT2D eigenvalue weighted by Crippen LogP contribution is -2.10. The van der Waals surface area contributed by atoms with Crippen LogP contribution in [0.3, 0.4) is 0 Å². The van der Waals surface area contributed by atoms with Crippen LogP contribution < -0.4 is 4.74 Å². The van der Waals surface area contributed by atoms with Crippen molar-refractivity contribution in [1.29, 1.82) is 0 Å². The van der Waals surface area contributed by atoms with Crippen LogP contribution in [0.25, 0.3) is 16.7 Å². The number of allylic oxidation sites excluding steroid dienone is 1. The molecular formula is C23H19F3O4. The van der Waals surface area contributed by atoms with Gasteiger partial charge in [0.05, 0.1) is 5.56 Å². The summed E-state index contributed by atoms with van der Waals surface area (Å²) in [6.07, 6.45) is -4.44. The van der Waals surface area contributed by atoms with Gasteiger partial charge in [-0.2, -0.15) is 13.2 Å². The monoisotopic (exact) mass is 416 g/mol. The van der Waals surface area contributed by atoms with Crippen molar-refractivity contribution in [2.45, 2.75) is 26.6 Å². The van der Waals surface area contributed by atoms with Crippen LogP contribution in [0.1, 0.15) is 30.7 Å². The summed E-state index contributed by atoms with van der Waals surface area (Å²) in [7, 11) is 0. The predicted molar refractivity (Wildman–Crippen MR) is 106 cm³/mol. The van der Waals surface area contributed by atoms with E-state index in [1.54, 1.807) is 44.2 Å². The summed E-state index contributed by atoms with van der Waals surface area (Å²) in [6.45, 7) is 3.59. The molecule has 7 heteroatoms. The Labute approximate surface area is 170 Å². The van der Waals surface area contributed by atoms with E-state index in [0.29, 0.717) is 33.8 Å². The maximum atomic E-state index is 13.1. The van der Waals surface area contributed by atoms with Crippen molar-refractivity contribution in [3.63, 3.8) is 0 Å². The minimum atomic E-state index is -4.44. The summed E-state index contributed by atoms with van der Waals surface area (Å²) in [5, 5.41) is 10.9. The molecule has 0 spiro atoms. The first kappa shape index (κ1) is 19.9. The molecule has 0 saturated carbocycles. The fourth-order valence-electron chi connectivity index (χ4n) is 3.35. The van der Waals surface area contributed by atoms with Gasteiger partial charge in [0, 0.05) is 22.1 Å². The summed E-state index contributed by atoms with van der Waals surface area (Å²) in [4.78, 5) is 0. The molecule has 1 aliphatic rings. The molecule has 0 aliphatic carbocycles. The zero-order chi connectivity index (χ0) is 21.5. The van der Waals surface area contributed by atoms with Crippen molar-refractivity contribution in [2.24, 2.45) is 0 Å². The Morgan fingerprint density at radius 3 is 2.60 bits per heavy atom. The molecule has 1 N–H and O–H groups in total. The Balaban J connectivity index is 1.59. The number of rotatable bonds is 4. The normalized spacial score (nSPS) is 15.0. The van der Waals surface area contributed by atoms with Gasteiger partial charge in [-0.3, -0.25) is 0 Å². The van der Waals surface area contributed by atoms with Crippen LogP contribution >= 0.6 is 0 Å². The molecule has 156 valence electrons. The number of furan rings is 1. The zero-order valence-corrected chi connectivity index (χ0v) is 16.3. The molecule has 4 rings (SSSR count). The smallest absolute Gasteiger partial charge is 0.416 e. The molecule has 1 aliphatic heterocycles. The molecular weight excluding hydrogens is 397 g/mol. The van der Waals surface area contributed by atoms with Gasteiger partial charge in [0.15, 0.2) is 11.5 Å². The largest absolute Gasteiger partial charge is 0.507 e. The van der Waals surface area contributed by atoms with Gasteiger partial charge in [-0.25, -0.2) is 0 Å². The second-order valence-electron chi connectivity index (χ2n) is 7.13. The number of ether oxygens (including phenoxy) is 2. The number of fused-ring (bicyclic) bond motifs is 1. The highest BCUT2D eigenvalue weighted by atomic mass is 19.4. The fraction of sp³-hybridized carbons (Fsp3) is 0.217. The number of halogens is 3. The average molecular weight is 416 g/mol. The Hall–Kier alpha value is -3.35. The molecule has 0 fully saturated rings. The van der Waals surface area contributed by atoms with E-state index in [2.05, 4.69) is 0 Å². The lowest BCUT2D eigenvalue weighted by Gasteiger charge is -2.18. The van der Waals surface area contributed by atoms with E-state index in [9.17, 15) is 18.3 Å². The maximum absolute atomic E-state index is 13.1. The van der Waals surface area contributed by atoms with Gasteiger partial charge < -0.3 is 19.0 Å². The van der Waals surface area contributed by atoms with Crippen LogP contribution in [0.4, 0.5) is 13.2 Å². The summed E-state index contributed by atoms with van der Waals surface area (Å²) in [6, 6.07) is 12.1. The van der Waals surface area contributed by atoms with Crippen molar-refractivity contribution >= 4 is 16.7 Å². The molecule has 3 aromatic rings. The standard InChI is InChI=1S/C23H19F3O4/c1-13-11-29-22(14(2)21(13)27)20-10-16-9-17(7-8-19(16)30-20)28-12-15-5-3-4-6-18(15)23(24,25)26/h3-10,27H,11-12H2,1-2H3. The van der Waals surface area contributed by atoms with Gasteiger partial charge in [0.2, 0.25) is 0 Å². The van der Waals surface area contributed by atoms with E-state index >= 15 is 0 Å². The molecule has 2 heterocycles. The number of alkyl halides is 3. The second-order valence-corrected chi connectivity index (χ2v) is 7.13. The van der Waals surface area contributed by atoms with Crippen LogP contribution in [0, 0.1) is 0 Å². The predicted octanol–water partition coefficient (Wildman–Crippen LogP) is 6.62. The SMILES string of the molecule is CC1=C(O)C(C)=C(c2cc3cc(OCc4ccccc4C(F)(F)F)ccc3o2)OC1. The fourth-order valence-corrected chi connectivity index (χ4v) is 3.35. The van der Waals surface area contributed by atoms with Gasteiger partial charge in [-0.05, 0) is 44.2 Å². The van der Waals surface area contributed by atoms with Crippen LogP contribution in [-0.2, 0) is 17.5 Å². The second kappa shape index (κ2) is 7.48. The van der Waals surface area contributed by atoms with Gasteiger partial charge >= 0.3 is 6.18 Å². The molecule has 0 unspecified atom stereocenters. The minimum Gasteiger partial charge on any atom is -0.507 e. The molecule has 4 nitrogen and oxygen atoms in total. The Morgan fingerprint density at radius 1 is 1.07 bits per heavy atom. The Morgan fingerprint density at radius 2 is 1.83 bits per heavy atom. The van der Waals surface area contributed by atoms with Crippen LogP contribution in [0.5, 0.6) is 5.75 Å². The Kier molecular flexibility index (Phi) is 4.97. The first-order chi connectivity index (χ1) is 14.2. The summed E-state index contributed by atoms with van der Waals surface area (Å²) >= 11 is 0. The highest BCUT2D eigenvalue weighted by Crippen LogP contribution is 2.35. The first-order valence-corrected chi connectivity index (χ1v) is 9.28. The maximum Gasteiger partial charge on any atom is 0.416 e. The summed E-state index contributed by atoms with van der Waals surface area (Å²) < 4.78 is 56.6. The lowest BCUT2D eigenvalue weighted by molar-refractivity contribution is -0.138. The number of hydrogen-bond donors (Lipinski definition) is 1. The number of aliphatic hydroxyl groups is 1. The Bertz CT molecular complexity index is 1170. The molecule has 2 aromatic carbocycles. The molecule has 0 saturated heterocycles. The molecule has 0 amide bonds. The van der Waals surface area contributed by atoms with Gasteiger partial charge in [-0.15, -0.1) is 0 Å². The van der Waals surface area contributed by atoms with Gasteiger partial charge in [0.1, 0.15) is 30.3 Å². The van der Waals surface area contributed by atoms with Crippen LogP contribution in [0.15, 0.2) is 69.9 Å². The van der Waals surface area contributed by atoms with E-state index in [1.165, 1.54) is 12.1 Å². The topological polar surface area (TPSA) is 51.8 Å². The van der Waals surface area contributed by atoms with Crippen molar-refractivity contribution < 1.29 is 32.2 Å². The molecule has 30 heavy (non-hydrogen) atoms. The third-order valence-corrected chi connectivity index (χ3v) is 4.96. The first-order valence-electron chi connectivity index (χ1n) is 9.28. The highest BCUT2D eigenvalue weighted by Gasteiger charge is 2.33. The minimum absolute atomic E-state index is 0.0620. The third-order valence-electron chi connectivity index (χ3n) is 4.96. The number of aliphatic hydroxyl groups excluding tert-OH is 1. The molecule has 0 bridgehead atoms. The van der Waals surface area contributed by atoms with E-state index < -0.39 is 11.7 Å². The number of benzene rings is 2. The van der Waals surface area contributed by atoms with Gasteiger partial charge in [-0.1, -0.05) is 18.2 Å². The van der Waals surface area contributed by atoms with E-state index in [4.69, 9.17) is 13.9 Å². The van der Waals surface area contributed by atoms with E-state index in [1.807, 2.05) is 0 Å². The zero-order valence-electron chi connectivity index (χ0n) is 16.3. The molecule has 0 radical (unpaired) electrons. The lowest BCUT2D eigenvalue weighted by atomic mass is 10.1. The van der Waals surface area contributed by atoms with Crippen molar-refractivity contribution in [2.75, 3.05) is 6.61 Å². The number of hydrogen-bond acceptors (Lipinski definition) is 4. The quantitative estimate of drug-likeness (QED) is 0.519. The van der Waals surface area contributed by atoms with Crippen molar-refractivity contribution in [3.05, 3.63) is 82.3 Å². The highest BCUT2D eigenvalue weighted by molar-refractivity contribution is 5.83. The van der Waals surface area contributed by atoms with E-state index in [0.717, 1.165) is 11.6 Å². The van der Waals surface area contributed by atoms with Crippen LogP contribution in [0.2, 0.25) is 0 Å². The summed E-state index contributed by atoms with van der Waals surface area (Å²) in [5.41, 5.74) is 1.24.